The molecule has 32 heavy (non-hydrogen) atoms. The summed E-state index contributed by atoms with van der Waals surface area (Å²) in [5.74, 6) is 0. The molecular weight excluding hydrogens is 424 g/mol. The fourth-order valence-electron chi connectivity index (χ4n) is 3.11. The Labute approximate surface area is 188 Å². The van der Waals surface area contributed by atoms with Crippen LogP contribution in [0.4, 0.5) is 0 Å². The Morgan fingerprint density at radius 2 is 0.938 bits per heavy atom. The second-order valence-corrected chi connectivity index (χ2v) is 8.47. The molecule has 0 radical (unpaired) electrons. The second-order valence-electron chi connectivity index (χ2n) is 8.47. The van der Waals surface area contributed by atoms with Gasteiger partial charge in [-0.3, -0.25) is 19.8 Å². The van der Waals surface area contributed by atoms with Gasteiger partial charge in [-0.05, 0) is 27.9 Å². The van der Waals surface area contributed by atoms with Gasteiger partial charge in [0.15, 0.2) is 0 Å². The first-order valence-electron chi connectivity index (χ1n) is 10.4. The second kappa shape index (κ2) is 13.4. The molecule has 0 bridgehead atoms. The van der Waals surface area contributed by atoms with E-state index >= 15 is 0 Å². The molecule has 1 aromatic heterocycles. The highest BCUT2D eigenvalue weighted by atomic mass is 16.4. The van der Waals surface area contributed by atoms with Gasteiger partial charge in [-0.25, -0.2) is 0 Å². The van der Waals surface area contributed by atoms with Gasteiger partial charge < -0.3 is 40.9 Å². The molecule has 8 N–H and O–H groups in total. The van der Waals surface area contributed by atoms with E-state index < -0.39 is 48.8 Å². The molecule has 8 atom stereocenters. The minimum atomic E-state index is -1.49. The summed E-state index contributed by atoms with van der Waals surface area (Å²) in [6.07, 6.45) is -7.66. The molecule has 1 aromatic rings. The van der Waals surface area contributed by atoms with Crippen molar-refractivity contribution in [2.75, 3.05) is 27.2 Å². The van der Waals surface area contributed by atoms with E-state index in [1.807, 2.05) is 0 Å². The number of rotatable bonds is 14. The van der Waals surface area contributed by atoms with Crippen LogP contribution in [-0.4, -0.2) is 137 Å². The number of likely N-dealkylation sites (N-methyl/N-ethyl adjacent to an activating group) is 2. The maximum Gasteiger partial charge on any atom is 0.109 e. The van der Waals surface area contributed by atoms with Crippen LogP contribution in [-0.2, 0) is 13.1 Å². The Kier molecular flexibility index (Phi) is 12.0. The van der Waals surface area contributed by atoms with Gasteiger partial charge in [0, 0.05) is 26.2 Å². The number of nitrogens with zero attached hydrogens (tertiary/aromatic N) is 4. The number of aliphatic hydroxyl groups is 8. The van der Waals surface area contributed by atoms with Crippen molar-refractivity contribution in [1.29, 1.82) is 0 Å². The lowest BCUT2D eigenvalue weighted by atomic mass is 10.0. The van der Waals surface area contributed by atoms with E-state index in [4.69, 9.17) is 0 Å². The summed E-state index contributed by atoms with van der Waals surface area (Å²) in [6, 6.07) is 0. The van der Waals surface area contributed by atoms with Gasteiger partial charge in [-0.15, -0.1) is 0 Å². The van der Waals surface area contributed by atoms with E-state index in [1.165, 1.54) is 13.8 Å². The van der Waals surface area contributed by atoms with Crippen LogP contribution in [0.2, 0.25) is 0 Å². The molecule has 0 unspecified atom stereocenters. The fourth-order valence-corrected chi connectivity index (χ4v) is 3.11. The van der Waals surface area contributed by atoms with E-state index in [0.717, 1.165) is 0 Å². The molecule has 0 spiro atoms. The molecule has 0 aliphatic rings. The van der Waals surface area contributed by atoms with E-state index in [9.17, 15) is 40.9 Å². The number of hydrogen-bond donors (Lipinski definition) is 8. The molecule has 0 aliphatic carbocycles. The Hall–Kier alpha value is -1.32. The summed E-state index contributed by atoms with van der Waals surface area (Å²) >= 11 is 0. The van der Waals surface area contributed by atoms with Crippen LogP contribution in [0, 0.1) is 0 Å². The lowest BCUT2D eigenvalue weighted by Gasteiger charge is -2.28. The van der Waals surface area contributed by atoms with Crippen molar-refractivity contribution in [3.63, 3.8) is 0 Å². The molecule has 1 rings (SSSR count). The third-order valence-electron chi connectivity index (χ3n) is 5.10. The molecule has 186 valence electrons. The highest BCUT2D eigenvalue weighted by molar-refractivity contribution is 5.02. The molecular formula is C20H38N4O8. The average molecular weight is 463 g/mol. The van der Waals surface area contributed by atoms with Crippen LogP contribution in [0.3, 0.4) is 0 Å². The summed E-state index contributed by atoms with van der Waals surface area (Å²) in [4.78, 5) is 12.0. The minimum absolute atomic E-state index is 0.0373. The number of aliphatic hydroxyl groups excluding tert-OH is 8. The molecule has 0 saturated carbocycles. The van der Waals surface area contributed by atoms with Crippen LogP contribution in [0.15, 0.2) is 12.4 Å². The Morgan fingerprint density at radius 1 is 0.625 bits per heavy atom. The first-order chi connectivity index (χ1) is 14.8. The van der Waals surface area contributed by atoms with E-state index in [2.05, 4.69) is 9.97 Å². The van der Waals surface area contributed by atoms with Gasteiger partial charge in [-0.1, -0.05) is 0 Å². The summed E-state index contributed by atoms with van der Waals surface area (Å²) in [5.41, 5.74) is 1.21. The standard InChI is InChI=1S/C20H38N4O8/c1-11(25)17(29)19(31)15(27)9-23(3)7-13-5-22-14(6-21-13)8-24(4)10-16(28)20(32)18(30)12(2)26/h5-6,11-12,15-20,25-32H,7-10H2,1-4H3/t11-,12-,15+,16+,17-,18-,19-,20-/m1/s1. The van der Waals surface area contributed by atoms with Crippen molar-refractivity contribution < 1.29 is 40.9 Å². The molecule has 0 fully saturated rings. The zero-order valence-electron chi connectivity index (χ0n) is 19.0. The third kappa shape index (κ3) is 9.27. The van der Waals surface area contributed by atoms with Crippen molar-refractivity contribution in [3.05, 3.63) is 23.8 Å². The highest BCUT2D eigenvalue weighted by Gasteiger charge is 2.29. The molecule has 0 saturated heterocycles. The Morgan fingerprint density at radius 3 is 1.19 bits per heavy atom. The fraction of sp³-hybridized carbons (Fsp3) is 0.800. The normalized spacial score (nSPS) is 19.9. The molecule has 12 heteroatoms. The van der Waals surface area contributed by atoms with E-state index in [0.29, 0.717) is 24.5 Å². The van der Waals surface area contributed by atoms with E-state index in [1.54, 1.807) is 36.3 Å². The van der Waals surface area contributed by atoms with E-state index in [-0.39, 0.29) is 13.1 Å². The first-order valence-corrected chi connectivity index (χ1v) is 10.4. The van der Waals surface area contributed by atoms with Crippen molar-refractivity contribution in [2.45, 2.75) is 75.8 Å². The van der Waals surface area contributed by atoms with Gasteiger partial charge in [0.25, 0.3) is 0 Å². The largest absolute Gasteiger partial charge is 0.391 e. The van der Waals surface area contributed by atoms with Crippen molar-refractivity contribution in [3.8, 4) is 0 Å². The molecule has 0 amide bonds. The average Bonchev–Trinajstić information content (AvgIpc) is 2.72. The molecule has 0 aromatic carbocycles. The van der Waals surface area contributed by atoms with Crippen LogP contribution >= 0.6 is 0 Å². The van der Waals surface area contributed by atoms with Gasteiger partial charge in [0.2, 0.25) is 0 Å². The summed E-state index contributed by atoms with van der Waals surface area (Å²) < 4.78 is 0. The minimum Gasteiger partial charge on any atom is -0.391 e. The van der Waals surface area contributed by atoms with Crippen molar-refractivity contribution in [1.82, 2.24) is 19.8 Å². The van der Waals surface area contributed by atoms with Crippen molar-refractivity contribution in [2.24, 2.45) is 0 Å². The molecule has 1 heterocycles. The summed E-state index contributed by atoms with van der Waals surface area (Å²) in [5, 5.41) is 77.7. The van der Waals surface area contributed by atoms with Crippen LogP contribution in [0.25, 0.3) is 0 Å². The predicted molar refractivity (Wildman–Crippen MR) is 114 cm³/mol. The van der Waals surface area contributed by atoms with Gasteiger partial charge in [0.05, 0.1) is 48.2 Å². The van der Waals surface area contributed by atoms with Crippen LogP contribution in [0.5, 0.6) is 0 Å². The lowest BCUT2D eigenvalue weighted by molar-refractivity contribution is -0.105. The number of aromatic nitrogens is 2. The Balaban J connectivity index is 2.53. The Bertz CT molecular complexity index is 596. The monoisotopic (exact) mass is 462 g/mol. The maximum atomic E-state index is 10.0. The highest BCUT2D eigenvalue weighted by Crippen LogP contribution is 2.10. The smallest absolute Gasteiger partial charge is 0.109 e. The zero-order valence-corrected chi connectivity index (χ0v) is 19.0. The van der Waals surface area contributed by atoms with Crippen LogP contribution < -0.4 is 0 Å². The van der Waals surface area contributed by atoms with Gasteiger partial charge in [0.1, 0.15) is 24.4 Å². The van der Waals surface area contributed by atoms with Gasteiger partial charge in [-0.2, -0.15) is 0 Å². The van der Waals surface area contributed by atoms with Crippen molar-refractivity contribution >= 4 is 0 Å². The quantitative estimate of drug-likeness (QED) is 0.135. The van der Waals surface area contributed by atoms with Crippen LogP contribution in [0.1, 0.15) is 25.2 Å². The molecule has 0 aliphatic heterocycles. The maximum absolute atomic E-state index is 10.0. The lowest BCUT2D eigenvalue weighted by Crippen LogP contribution is -2.47. The zero-order chi connectivity index (χ0) is 24.6. The predicted octanol–water partition coefficient (Wildman–Crippen LogP) is -3.73. The topological polar surface area (TPSA) is 194 Å². The first kappa shape index (κ1) is 28.7. The summed E-state index contributed by atoms with van der Waals surface area (Å²) in [7, 11) is 3.39. The number of hydrogen-bond acceptors (Lipinski definition) is 12. The SMILES string of the molecule is C[C@@H](O)[C@@H](O)[C@H](O)[C@@H](O)CN(C)Cc1cnc(CN(C)C[C@H](O)[C@@H](O)[C@H](O)[C@@H](C)O)cn1. The van der Waals surface area contributed by atoms with Gasteiger partial charge >= 0.3 is 0 Å². The molecule has 12 nitrogen and oxygen atoms in total. The third-order valence-corrected chi connectivity index (χ3v) is 5.10. The summed E-state index contributed by atoms with van der Waals surface area (Å²) in [6.45, 7) is 3.35.